The van der Waals surface area contributed by atoms with Crippen molar-refractivity contribution >= 4 is 23.3 Å². The molecule has 5 heteroatoms. The van der Waals surface area contributed by atoms with E-state index in [1.54, 1.807) is 12.1 Å². The van der Waals surface area contributed by atoms with E-state index < -0.39 is 5.82 Å². The molecule has 104 valence electrons. The molecule has 0 bridgehead atoms. The van der Waals surface area contributed by atoms with Crippen molar-refractivity contribution in [2.45, 2.75) is 19.8 Å². The van der Waals surface area contributed by atoms with Gasteiger partial charge in [0.15, 0.2) is 0 Å². The molecule has 1 aromatic carbocycles. The maximum atomic E-state index is 13.4. The molecule has 1 saturated heterocycles. The van der Waals surface area contributed by atoms with Crippen LogP contribution >= 0.6 is 11.6 Å². The van der Waals surface area contributed by atoms with Crippen LogP contribution in [0.1, 0.15) is 19.8 Å². The van der Waals surface area contributed by atoms with E-state index in [2.05, 4.69) is 4.90 Å². The molecule has 2 rings (SSSR count). The summed E-state index contributed by atoms with van der Waals surface area (Å²) in [6.45, 7) is 3.68. The van der Waals surface area contributed by atoms with Crippen molar-refractivity contribution in [3.63, 3.8) is 0 Å². The Labute approximate surface area is 117 Å². The Morgan fingerprint density at radius 3 is 2.74 bits per heavy atom. The minimum absolute atomic E-state index is 0.0339. The summed E-state index contributed by atoms with van der Waals surface area (Å²) in [6.07, 6.45) is 1.48. The highest BCUT2D eigenvalue weighted by atomic mass is 35.5. The molecule has 19 heavy (non-hydrogen) atoms. The van der Waals surface area contributed by atoms with Crippen LogP contribution in [0.25, 0.3) is 0 Å². The van der Waals surface area contributed by atoms with Gasteiger partial charge >= 0.3 is 5.97 Å². The molecule has 0 amide bonds. The van der Waals surface area contributed by atoms with E-state index >= 15 is 0 Å². The van der Waals surface area contributed by atoms with Crippen LogP contribution in [0.4, 0.5) is 10.1 Å². The number of halogens is 2. The van der Waals surface area contributed by atoms with E-state index in [4.69, 9.17) is 16.3 Å². The topological polar surface area (TPSA) is 29.5 Å². The third-order valence-corrected chi connectivity index (χ3v) is 3.69. The standard InChI is InChI=1S/C14H17ClFNO2/c1-2-19-14(18)10-5-7-17(8-6-10)11-3-4-12(15)13(16)9-11/h3-4,9-10H,2,5-8H2,1H3. The van der Waals surface area contributed by atoms with Crippen molar-refractivity contribution in [1.82, 2.24) is 0 Å². The Morgan fingerprint density at radius 2 is 2.16 bits per heavy atom. The number of esters is 1. The molecule has 1 fully saturated rings. The molecule has 0 aromatic heterocycles. The number of carbonyl (C=O) groups excluding carboxylic acids is 1. The van der Waals surface area contributed by atoms with Crippen molar-refractivity contribution in [1.29, 1.82) is 0 Å². The van der Waals surface area contributed by atoms with Crippen LogP contribution in [0.2, 0.25) is 5.02 Å². The molecular weight excluding hydrogens is 269 g/mol. The summed E-state index contributed by atoms with van der Waals surface area (Å²) in [7, 11) is 0. The van der Waals surface area contributed by atoms with Crippen molar-refractivity contribution < 1.29 is 13.9 Å². The van der Waals surface area contributed by atoms with Crippen LogP contribution in [-0.4, -0.2) is 25.7 Å². The first-order valence-electron chi connectivity index (χ1n) is 6.48. The molecule has 1 aliphatic heterocycles. The number of anilines is 1. The zero-order chi connectivity index (χ0) is 13.8. The summed E-state index contributed by atoms with van der Waals surface area (Å²) in [5, 5.41) is 0.130. The number of carbonyl (C=O) groups is 1. The number of ether oxygens (including phenoxy) is 1. The molecule has 0 aliphatic carbocycles. The predicted octanol–water partition coefficient (Wildman–Crippen LogP) is 3.26. The van der Waals surface area contributed by atoms with Crippen LogP contribution < -0.4 is 4.90 Å². The molecule has 3 nitrogen and oxygen atoms in total. The highest BCUT2D eigenvalue weighted by molar-refractivity contribution is 6.30. The number of benzene rings is 1. The molecule has 0 unspecified atom stereocenters. The number of hydrogen-bond donors (Lipinski definition) is 0. The normalized spacial score (nSPS) is 16.5. The first-order valence-corrected chi connectivity index (χ1v) is 6.86. The number of hydrogen-bond acceptors (Lipinski definition) is 3. The maximum absolute atomic E-state index is 13.4. The van der Waals surface area contributed by atoms with Crippen LogP contribution in [0, 0.1) is 11.7 Å². The summed E-state index contributed by atoms with van der Waals surface area (Å²) >= 11 is 5.66. The molecule has 1 aromatic rings. The third kappa shape index (κ3) is 3.38. The molecule has 0 spiro atoms. The van der Waals surface area contributed by atoms with Crippen molar-refractivity contribution in [3.8, 4) is 0 Å². The van der Waals surface area contributed by atoms with E-state index in [9.17, 15) is 9.18 Å². The fraction of sp³-hybridized carbons (Fsp3) is 0.500. The Kier molecular flexibility index (Phi) is 4.64. The fourth-order valence-corrected chi connectivity index (χ4v) is 2.43. The maximum Gasteiger partial charge on any atom is 0.309 e. The van der Waals surface area contributed by atoms with Crippen LogP contribution in [0.15, 0.2) is 18.2 Å². The third-order valence-electron chi connectivity index (χ3n) is 3.38. The van der Waals surface area contributed by atoms with Crippen molar-refractivity contribution in [2.24, 2.45) is 5.92 Å². The lowest BCUT2D eigenvalue weighted by Crippen LogP contribution is -2.37. The Bertz CT molecular complexity index is 459. The first kappa shape index (κ1) is 14.1. The monoisotopic (exact) mass is 285 g/mol. The molecule has 0 N–H and O–H groups in total. The Morgan fingerprint density at radius 1 is 1.47 bits per heavy atom. The highest BCUT2D eigenvalue weighted by Gasteiger charge is 2.26. The molecular formula is C14H17ClFNO2. The van der Waals surface area contributed by atoms with Gasteiger partial charge in [0.1, 0.15) is 5.82 Å². The zero-order valence-corrected chi connectivity index (χ0v) is 11.6. The zero-order valence-electron chi connectivity index (χ0n) is 10.9. The summed E-state index contributed by atoms with van der Waals surface area (Å²) in [4.78, 5) is 13.7. The van der Waals surface area contributed by atoms with Gasteiger partial charge in [0.25, 0.3) is 0 Å². The van der Waals surface area contributed by atoms with Crippen LogP contribution in [0.5, 0.6) is 0 Å². The Hall–Kier alpha value is -1.29. The van der Waals surface area contributed by atoms with Gasteiger partial charge in [-0.3, -0.25) is 4.79 Å². The summed E-state index contributed by atoms with van der Waals surface area (Å²) in [5.41, 5.74) is 0.809. The van der Waals surface area contributed by atoms with Crippen molar-refractivity contribution in [3.05, 3.63) is 29.0 Å². The smallest absolute Gasteiger partial charge is 0.309 e. The summed E-state index contributed by atoms with van der Waals surface area (Å²) in [6, 6.07) is 4.80. The lowest BCUT2D eigenvalue weighted by Gasteiger charge is -2.32. The van der Waals surface area contributed by atoms with Gasteiger partial charge in [0, 0.05) is 18.8 Å². The van der Waals surface area contributed by atoms with E-state index in [0.717, 1.165) is 31.6 Å². The molecule has 0 saturated carbocycles. The molecule has 0 atom stereocenters. The second-order valence-corrected chi connectivity index (χ2v) is 5.02. The minimum Gasteiger partial charge on any atom is -0.466 e. The summed E-state index contributed by atoms with van der Waals surface area (Å²) < 4.78 is 18.4. The van der Waals surface area contributed by atoms with Gasteiger partial charge in [-0.1, -0.05) is 11.6 Å². The van der Waals surface area contributed by atoms with Gasteiger partial charge in [-0.15, -0.1) is 0 Å². The first-order chi connectivity index (χ1) is 9.11. The van der Waals surface area contributed by atoms with Gasteiger partial charge in [-0.25, -0.2) is 4.39 Å². The van der Waals surface area contributed by atoms with Gasteiger partial charge in [-0.2, -0.15) is 0 Å². The molecule has 1 heterocycles. The van der Waals surface area contributed by atoms with Crippen molar-refractivity contribution in [2.75, 3.05) is 24.6 Å². The highest BCUT2D eigenvalue weighted by Crippen LogP contribution is 2.26. The lowest BCUT2D eigenvalue weighted by molar-refractivity contribution is -0.148. The lowest BCUT2D eigenvalue weighted by atomic mass is 9.96. The average Bonchev–Trinajstić information content (AvgIpc) is 2.42. The number of rotatable bonds is 3. The quantitative estimate of drug-likeness (QED) is 0.799. The van der Waals surface area contributed by atoms with E-state index in [0.29, 0.717) is 6.61 Å². The second-order valence-electron chi connectivity index (χ2n) is 4.61. The van der Waals surface area contributed by atoms with E-state index in [1.165, 1.54) is 6.07 Å². The van der Waals surface area contributed by atoms with Gasteiger partial charge < -0.3 is 9.64 Å². The van der Waals surface area contributed by atoms with Gasteiger partial charge in [0.05, 0.1) is 17.5 Å². The van der Waals surface area contributed by atoms with Crippen LogP contribution in [0.3, 0.4) is 0 Å². The van der Waals surface area contributed by atoms with Gasteiger partial charge in [0.2, 0.25) is 0 Å². The SMILES string of the molecule is CCOC(=O)C1CCN(c2ccc(Cl)c(F)c2)CC1. The fourth-order valence-electron chi connectivity index (χ4n) is 2.32. The van der Waals surface area contributed by atoms with Gasteiger partial charge in [-0.05, 0) is 38.0 Å². The second kappa shape index (κ2) is 6.24. The van der Waals surface area contributed by atoms with Crippen LogP contribution in [-0.2, 0) is 9.53 Å². The van der Waals surface area contributed by atoms with E-state index in [-0.39, 0.29) is 16.9 Å². The average molecular weight is 286 g/mol. The molecule has 0 radical (unpaired) electrons. The number of piperidine rings is 1. The molecule has 1 aliphatic rings. The Balaban J connectivity index is 1.96. The minimum atomic E-state index is -0.410. The largest absolute Gasteiger partial charge is 0.466 e. The summed E-state index contributed by atoms with van der Waals surface area (Å²) in [5.74, 6) is -0.565. The van der Waals surface area contributed by atoms with E-state index in [1.807, 2.05) is 6.92 Å². The number of nitrogens with zero attached hydrogens (tertiary/aromatic N) is 1. The predicted molar refractivity (Wildman–Crippen MR) is 73.0 cm³/mol.